The number of carbonyl (C=O) groups is 2. The maximum absolute atomic E-state index is 11.8. The molecule has 1 aliphatic heterocycles. The number of ether oxygens (including phenoxy) is 1. The molecule has 6 nitrogen and oxygen atoms in total. The van der Waals surface area contributed by atoms with Crippen LogP contribution in [0.25, 0.3) is 0 Å². The number of hydrogen-bond acceptors (Lipinski definition) is 4. The smallest absolute Gasteiger partial charge is 0.411 e. The highest BCUT2D eigenvalue weighted by Gasteiger charge is 2.33. The van der Waals surface area contributed by atoms with Crippen LogP contribution in [0.5, 0.6) is 0 Å². The molecule has 1 heterocycles. The van der Waals surface area contributed by atoms with Gasteiger partial charge in [0, 0.05) is 19.6 Å². The van der Waals surface area contributed by atoms with Crippen LogP contribution in [-0.4, -0.2) is 48.2 Å². The van der Waals surface area contributed by atoms with E-state index in [0.717, 1.165) is 0 Å². The second-order valence-electron chi connectivity index (χ2n) is 4.80. The molecule has 0 radical (unpaired) electrons. The Morgan fingerprint density at radius 2 is 2.06 bits per heavy atom. The number of nitrogens with two attached hydrogens (primary N) is 1. The lowest BCUT2D eigenvalue weighted by Crippen LogP contribution is -2.59. The van der Waals surface area contributed by atoms with Crippen LogP contribution in [0.4, 0.5) is 4.79 Å². The SMILES string of the molecule is CC(C)(C)OC(=O)N1CCNC[C@H]1C(N)=O. The normalized spacial score (nSPS) is 21.7. The molecule has 0 spiro atoms. The number of nitrogens with one attached hydrogen (secondary N) is 1. The van der Waals surface area contributed by atoms with Gasteiger partial charge in [0.25, 0.3) is 0 Å². The fourth-order valence-corrected chi connectivity index (χ4v) is 1.50. The molecular formula is C10H19N3O3. The van der Waals surface area contributed by atoms with E-state index in [-0.39, 0.29) is 0 Å². The lowest BCUT2D eigenvalue weighted by atomic mass is 10.2. The molecule has 0 aliphatic carbocycles. The molecule has 16 heavy (non-hydrogen) atoms. The molecule has 6 heteroatoms. The highest BCUT2D eigenvalue weighted by Crippen LogP contribution is 2.12. The average molecular weight is 229 g/mol. The summed E-state index contributed by atoms with van der Waals surface area (Å²) >= 11 is 0. The molecule has 0 bridgehead atoms. The average Bonchev–Trinajstić information content (AvgIpc) is 2.15. The molecule has 1 rings (SSSR count). The largest absolute Gasteiger partial charge is 0.444 e. The molecule has 2 amide bonds. The molecule has 0 aromatic heterocycles. The molecule has 1 saturated heterocycles. The van der Waals surface area contributed by atoms with Gasteiger partial charge < -0.3 is 15.8 Å². The third-order valence-electron chi connectivity index (χ3n) is 2.20. The Kier molecular flexibility index (Phi) is 3.74. The lowest BCUT2D eigenvalue weighted by molar-refractivity contribution is -0.123. The molecule has 0 aromatic carbocycles. The van der Waals surface area contributed by atoms with Crippen LogP contribution in [0.2, 0.25) is 0 Å². The first-order valence-electron chi connectivity index (χ1n) is 5.31. The summed E-state index contributed by atoms with van der Waals surface area (Å²) in [5.74, 6) is -0.516. The van der Waals surface area contributed by atoms with Gasteiger partial charge in [-0.15, -0.1) is 0 Å². The van der Waals surface area contributed by atoms with E-state index >= 15 is 0 Å². The van der Waals surface area contributed by atoms with Crippen molar-refractivity contribution >= 4 is 12.0 Å². The highest BCUT2D eigenvalue weighted by molar-refractivity contribution is 5.84. The van der Waals surface area contributed by atoms with Crippen molar-refractivity contribution in [3.63, 3.8) is 0 Å². The lowest BCUT2D eigenvalue weighted by Gasteiger charge is -2.35. The standard InChI is InChI=1S/C10H19N3O3/c1-10(2,3)16-9(15)13-5-4-12-6-7(13)8(11)14/h7,12H,4-6H2,1-3H3,(H2,11,14)/t7-/m0/s1. The monoisotopic (exact) mass is 229 g/mol. The van der Waals surface area contributed by atoms with Gasteiger partial charge in [0.15, 0.2) is 0 Å². The summed E-state index contributed by atoms with van der Waals surface area (Å²) in [6.07, 6.45) is -0.488. The minimum atomic E-state index is -0.622. The summed E-state index contributed by atoms with van der Waals surface area (Å²) in [6, 6.07) is -0.622. The molecular weight excluding hydrogens is 210 g/mol. The summed E-state index contributed by atoms with van der Waals surface area (Å²) in [6.45, 7) is 6.81. The number of amides is 2. The van der Waals surface area contributed by atoms with Crippen molar-refractivity contribution in [2.24, 2.45) is 5.73 Å². The van der Waals surface area contributed by atoms with Gasteiger partial charge in [-0.3, -0.25) is 9.69 Å². The summed E-state index contributed by atoms with van der Waals surface area (Å²) in [4.78, 5) is 24.3. The Hall–Kier alpha value is -1.30. The first kappa shape index (κ1) is 12.8. The van der Waals surface area contributed by atoms with Crippen LogP contribution in [0.15, 0.2) is 0 Å². The van der Waals surface area contributed by atoms with Gasteiger partial charge in [0.05, 0.1) is 0 Å². The van der Waals surface area contributed by atoms with Gasteiger partial charge in [-0.25, -0.2) is 4.79 Å². The van der Waals surface area contributed by atoms with E-state index in [1.54, 1.807) is 20.8 Å². The molecule has 0 saturated carbocycles. The Labute approximate surface area is 95.1 Å². The van der Waals surface area contributed by atoms with Gasteiger partial charge in [0.2, 0.25) is 5.91 Å². The minimum absolute atomic E-state index is 0.384. The van der Waals surface area contributed by atoms with E-state index in [4.69, 9.17) is 10.5 Å². The quantitative estimate of drug-likeness (QED) is 0.645. The first-order chi connectivity index (χ1) is 7.31. The van der Waals surface area contributed by atoms with Gasteiger partial charge in [0.1, 0.15) is 11.6 Å². The third kappa shape index (κ3) is 3.37. The fourth-order valence-electron chi connectivity index (χ4n) is 1.50. The second-order valence-corrected chi connectivity index (χ2v) is 4.80. The summed E-state index contributed by atoms with van der Waals surface area (Å²) in [5, 5.41) is 3.01. The predicted molar refractivity (Wildman–Crippen MR) is 58.8 cm³/mol. The Balaban J connectivity index is 2.68. The maximum atomic E-state index is 11.8. The minimum Gasteiger partial charge on any atom is -0.444 e. The maximum Gasteiger partial charge on any atom is 0.411 e. The molecule has 1 aliphatic rings. The summed E-state index contributed by atoms with van der Waals surface area (Å²) in [7, 11) is 0. The van der Waals surface area contributed by atoms with Crippen molar-refractivity contribution in [3.05, 3.63) is 0 Å². The topological polar surface area (TPSA) is 84.7 Å². The third-order valence-corrected chi connectivity index (χ3v) is 2.20. The van der Waals surface area contributed by atoms with E-state index in [1.807, 2.05) is 0 Å². The fraction of sp³-hybridized carbons (Fsp3) is 0.800. The number of carbonyl (C=O) groups excluding carboxylic acids is 2. The van der Waals surface area contributed by atoms with Crippen LogP contribution >= 0.6 is 0 Å². The molecule has 1 atom stereocenters. The van der Waals surface area contributed by atoms with Crippen LogP contribution in [0.1, 0.15) is 20.8 Å². The zero-order chi connectivity index (χ0) is 12.3. The van der Waals surface area contributed by atoms with Gasteiger partial charge in [-0.05, 0) is 20.8 Å². The number of rotatable bonds is 1. The van der Waals surface area contributed by atoms with Gasteiger partial charge >= 0.3 is 6.09 Å². The number of piperazine rings is 1. The number of nitrogens with zero attached hydrogens (tertiary/aromatic N) is 1. The van der Waals surface area contributed by atoms with Crippen LogP contribution < -0.4 is 11.1 Å². The Bertz CT molecular complexity index is 286. The molecule has 92 valence electrons. The van der Waals surface area contributed by atoms with Crippen LogP contribution in [0.3, 0.4) is 0 Å². The van der Waals surface area contributed by atoms with E-state index in [1.165, 1.54) is 4.90 Å². The summed E-state index contributed by atoms with van der Waals surface area (Å²) < 4.78 is 5.21. The van der Waals surface area contributed by atoms with E-state index in [2.05, 4.69) is 5.32 Å². The zero-order valence-corrected chi connectivity index (χ0v) is 9.95. The molecule has 3 N–H and O–H groups in total. The Morgan fingerprint density at radius 3 is 2.56 bits per heavy atom. The van der Waals surface area contributed by atoms with Crippen LogP contribution in [0, 0.1) is 0 Å². The molecule has 0 unspecified atom stereocenters. The summed E-state index contributed by atoms with van der Waals surface area (Å²) in [5.41, 5.74) is 4.67. The zero-order valence-electron chi connectivity index (χ0n) is 9.95. The van der Waals surface area contributed by atoms with Gasteiger partial charge in [-0.2, -0.15) is 0 Å². The van der Waals surface area contributed by atoms with Gasteiger partial charge in [-0.1, -0.05) is 0 Å². The van der Waals surface area contributed by atoms with E-state index in [9.17, 15) is 9.59 Å². The predicted octanol–water partition coefficient (Wildman–Crippen LogP) is -0.319. The van der Waals surface area contributed by atoms with Crippen LogP contribution in [-0.2, 0) is 9.53 Å². The number of primary amides is 1. The van der Waals surface area contributed by atoms with Crippen molar-refractivity contribution in [2.45, 2.75) is 32.4 Å². The van der Waals surface area contributed by atoms with Crippen molar-refractivity contribution in [2.75, 3.05) is 19.6 Å². The van der Waals surface area contributed by atoms with Crippen molar-refractivity contribution in [1.29, 1.82) is 0 Å². The highest BCUT2D eigenvalue weighted by atomic mass is 16.6. The van der Waals surface area contributed by atoms with Crippen molar-refractivity contribution < 1.29 is 14.3 Å². The van der Waals surface area contributed by atoms with Crippen molar-refractivity contribution in [1.82, 2.24) is 10.2 Å². The molecule has 1 fully saturated rings. The Morgan fingerprint density at radius 1 is 1.44 bits per heavy atom. The number of hydrogen-bond donors (Lipinski definition) is 2. The van der Waals surface area contributed by atoms with E-state index in [0.29, 0.717) is 19.6 Å². The first-order valence-corrected chi connectivity index (χ1v) is 5.31. The van der Waals surface area contributed by atoms with Crippen molar-refractivity contribution in [3.8, 4) is 0 Å². The molecule has 0 aromatic rings. The second kappa shape index (κ2) is 4.69. The van der Waals surface area contributed by atoms with E-state index < -0.39 is 23.6 Å².